The van der Waals surface area contributed by atoms with Gasteiger partial charge < -0.3 is 15.4 Å². The largest absolute Gasteiger partial charge is 0.381 e. The Bertz CT molecular complexity index is 379. The lowest BCUT2D eigenvalue weighted by atomic mass is 10.3. The number of ether oxygens (including phenoxy) is 1. The molecule has 5 nitrogen and oxygen atoms in total. The maximum Gasteiger partial charge on any atom is 0.134 e. The molecule has 5 heteroatoms. The van der Waals surface area contributed by atoms with Crippen molar-refractivity contribution in [1.82, 2.24) is 9.97 Å². The number of aromatic nitrogens is 2. The number of nitrogens with one attached hydrogen (secondary N) is 2. The van der Waals surface area contributed by atoms with Gasteiger partial charge in [-0.25, -0.2) is 9.97 Å². The van der Waals surface area contributed by atoms with Crippen LogP contribution in [-0.2, 0) is 4.74 Å². The highest BCUT2D eigenvalue weighted by molar-refractivity contribution is 5.55. The standard InChI is InChI=1S/C13H22N4O/c1-10-12(14-2)16-9-17-13(10)15-6-3-7-18-8-11-4-5-11/h9,11H,3-8H2,1-2H3,(H2,14,15,16,17). The van der Waals surface area contributed by atoms with E-state index in [-0.39, 0.29) is 0 Å². The molecule has 0 radical (unpaired) electrons. The van der Waals surface area contributed by atoms with Crippen LogP contribution in [0, 0.1) is 12.8 Å². The Morgan fingerprint density at radius 2 is 2.11 bits per heavy atom. The van der Waals surface area contributed by atoms with Gasteiger partial charge in [0.15, 0.2) is 0 Å². The van der Waals surface area contributed by atoms with Gasteiger partial charge in [-0.3, -0.25) is 0 Å². The smallest absolute Gasteiger partial charge is 0.134 e. The van der Waals surface area contributed by atoms with Crippen LogP contribution in [0.5, 0.6) is 0 Å². The molecule has 0 aromatic carbocycles. The van der Waals surface area contributed by atoms with E-state index < -0.39 is 0 Å². The fourth-order valence-corrected chi connectivity index (χ4v) is 1.80. The molecule has 0 unspecified atom stereocenters. The van der Waals surface area contributed by atoms with E-state index in [9.17, 15) is 0 Å². The van der Waals surface area contributed by atoms with Crippen LogP contribution < -0.4 is 10.6 Å². The molecule has 0 saturated heterocycles. The van der Waals surface area contributed by atoms with Crippen LogP contribution in [0.3, 0.4) is 0 Å². The van der Waals surface area contributed by atoms with Gasteiger partial charge in [0, 0.05) is 32.4 Å². The van der Waals surface area contributed by atoms with E-state index in [1.54, 1.807) is 6.33 Å². The van der Waals surface area contributed by atoms with Crippen LogP contribution in [0.4, 0.5) is 11.6 Å². The zero-order valence-corrected chi connectivity index (χ0v) is 11.2. The number of hydrogen-bond acceptors (Lipinski definition) is 5. The van der Waals surface area contributed by atoms with Gasteiger partial charge >= 0.3 is 0 Å². The monoisotopic (exact) mass is 250 g/mol. The van der Waals surface area contributed by atoms with Crippen molar-refractivity contribution < 1.29 is 4.74 Å². The van der Waals surface area contributed by atoms with E-state index in [0.717, 1.165) is 49.3 Å². The first-order valence-electron chi connectivity index (χ1n) is 6.62. The number of rotatable bonds is 8. The second-order valence-electron chi connectivity index (χ2n) is 4.74. The quantitative estimate of drug-likeness (QED) is 0.692. The third-order valence-electron chi connectivity index (χ3n) is 3.13. The highest BCUT2D eigenvalue weighted by Crippen LogP contribution is 2.28. The van der Waals surface area contributed by atoms with Crippen molar-refractivity contribution in [2.24, 2.45) is 5.92 Å². The van der Waals surface area contributed by atoms with Gasteiger partial charge in [-0.05, 0) is 32.1 Å². The summed E-state index contributed by atoms with van der Waals surface area (Å²) in [5, 5.41) is 6.37. The van der Waals surface area contributed by atoms with Gasteiger partial charge in [0.25, 0.3) is 0 Å². The Morgan fingerprint density at radius 1 is 1.33 bits per heavy atom. The third kappa shape index (κ3) is 3.84. The van der Waals surface area contributed by atoms with Crippen LogP contribution >= 0.6 is 0 Å². The minimum absolute atomic E-state index is 0.826. The third-order valence-corrected chi connectivity index (χ3v) is 3.13. The zero-order valence-electron chi connectivity index (χ0n) is 11.2. The normalized spacial score (nSPS) is 14.6. The summed E-state index contributed by atoms with van der Waals surface area (Å²) in [4.78, 5) is 8.39. The van der Waals surface area contributed by atoms with E-state index in [1.165, 1.54) is 12.8 Å². The molecule has 1 saturated carbocycles. The minimum atomic E-state index is 0.826. The lowest BCUT2D eigenvalue weighted by molar-refractivity contribution is 0.124. The average molecular weight is 250 g/mol. The summed E-state index contributed by atoms with van der Waals surface area (Å²) in [5.74, 6) is 2.62. The lowest BCUT2D eigenvalue weighted by Gasteiger charge is -2.10. The molecule has 0 spiro atoms. The first-order valence-corrected chi connectivity index (χ1v) is 6.62. The molecule has 0 amide bonds. The van der Waals surface area contributed by atoms with Crippen LogP contribution in [0.1, 0.15) is 24.8 Å². The van der Waals surface area contributed by atoms with Crippen molar-refractivity contribution in [3.05, 3.63) is 11.9 Å². The molecule has 2 rings (SSSR count). The zero-order chi connectivity index (χ0) is 12.8. The van der Waals surface area contributed by atoms with Gasteiger partial charge in [0.2, 0.25) is 0 Å². The van der Waals surface area contributed by atoms with Gasteiger partial charge in [-0.1, -0.05) is 0 Å². The Kier molecular flexibility index (Phi) is 4.75. The fourth-order valence-electron chi connectivity index (χ4n) is 1.80. The Labute approximate surface area is 108 Å². The molecule has 2 N–H and O–H groups in total. The number of nitrogens with zero attached hydrogens (tertiary/aromatic N) is 2. The molecule has 1 aliphatic carbocycles. The Hall–Kier alpha value is -1.36. The van der Waals surface area contributed by atoms with Crippen molar-refractivity contribution in [2.45, 2.75) is 26.2 Å². The predicted molar refractivity (Wildman–Crippen MR) is 73.0 cm³/mol. The topological polar surface area (TPSA) is 59.1 Å². The van der Waals surface area contributed by atoms with Crippen molar-refractivity contribution in [2.75, 3.05) is 37.4 Å². The maximum absolute atomic E-state index is 5.59. The highest BCUT2D eigenvalue weighted by Gasteiger charge is 2.20. The van der Waals surface area contributed by atoms with Crippen molar-refractivity contribution in [3.63, 3.8) is 0 Å². The highest BCUT2D eigenvalue weighted by atomic mass is 16.5. The van der Waals surface area contributed by atoms with E-state index >= 15 is 0 Å². The summed E-state index contributed by atoms with van der Waals surface area (Å²) in [6.45, 7) is 4.66. The summed E-state index contributed by atoms with van der Waals surface area (Å²) in [6, 6.07) is 0. The van der Waals surface area contributed by atoms with Gasteiger partial charge in [-0.15, -0.1) is 0 Å². The Balaban J connectivity index is 1.65. The average Bonchev–Trinajstić information content (AvgIpc) is 3.19. The number of anilines is 2. The fraction of sp³-hybridized carbons (Fsp3) is 0.692. The van der Waals surface area contributed by atoms with E-state index in [4.69, 9.17) is 4.74 Å². The molecule has 1 heterocycles. The molecule has 1 aromatic rings. The number of hydrogen-bond donors (Lipinski definition) is 2. The summed E-state index contributed by atoms with van der Waals surface area (Å²) >= 11 is 0. The predicted octanol–water partition coefficient (Wildman–Crippen LogP) is 2.06. The summed E-state index contributed by atoms with van der Waals surface area (Å²) in [6.07, 6.45) is 5.28. The van der Waals surface area contributed by atoms with E-state index in [2.05, 4.69) is 20.6 Å². The van der Waals surface area contributed by atoms with Gasteiger partial charge in [-0.2, -0.15) is 0 Å². The van der Waals surface area contributed by atoms with Crippen molar-refractivity contribution in [1.29, 1.82) is 0 Å². The first kappa shape index (κ1) is 13.1. The molecule has 1 aliphatic rings. The molecule has 0 bridgehead atoms. The summed E-state index contributed by atoms with van der Waals surface area (Å²) in [7, 11) is 1.87. The minimum Gasteiger partial charge on any atom is -0.381 e. The van der Waals surface area contributed by atoms with Crippen molar-refractivity contribution in [3.8, 4) is 0 Å². The molecular weight excluding hydrogens is 228 g/mol. The van der Waals surface area contributed by atoms with E-state index in [0.29, 0.717) is 0 Å². The molecule has 1 fully saturated rings. The molecular formula is C13H22N4O. The van der Waals surface area contributed by atoms with Crippen LogP contribution in [-0.4, -0.2) is 36.8 Å². The second-order valence-corrected chi connectivity index (χ2v) is 4.74. The van der Waals surface area contributed by atoms with Gasteiger partial charge in [0.1, 0.15) is 18.0 Å². The Morgan fingerprint density at radius 3 is 2.83 bits per heavy atom. The summed E-state index contributed by atoms with van der Waals surface area (Å²) in [5.41, 5.74) is 1.05. The SMILES string of the molecule is CNc1ncnc(NCCCOCC2CC2)c1C. The van der Waals surface area contributed by atoms with Crippen LogP contribution in [0.2, 0.25) is 0 Å². The molecule has 0 aliphatic heterocycles. The summed E-state index contributed by atoms with van der Waals surface area (Å²) < 4.78 is 5.59. The van der Waals surface area contributed by atoms with Gasteiger partial charge in [0.05, 0.1) is 0 Å². The lowest BCUT2D eigenvalue weighted by Crippen LogP contribution is -2.10. The second kappa shape index (κ2) is 6.54. The molecule has 1 aromatic heterocycles. The van der Waals surface area contributed by atoms with E-state index in [1.807, 2.05) is 14.0 Å². The van der Waals surface area contributed by atoms with Crippen LogP contribution in [0.15, 0.2) is 6.33 Å². The van der Waals surface area contributed by atoms with Crippen molar-refractivity contribution >= 4 is 11.6 Å². The molecule has 18 heavy (non-hydrogen) atoms. The first-order chi connectivity index (χ1) is 8.81. The van der Waals surface area contributed by atoms with Crippen LogP contribution in [0.25, 0.3) is 0 Å². The maximum atomic E-state index is 5.59. The molecule has 100 valence electrons. The molecule has 0 atom stereocenters.